The zero-order valence-corrected chi connectivity index (χ0v) is 11.9. The molecule has 0 bridgehead atoms. The molecule has 2 unspecified atom stereocenters. The molecular formula is C16H27NO. The van der Waals surface area contributed by atoms with Gasteiger partial charge in [-0.25, -0.2) is 0 Å². The number of allylic oxidation sites excluding steroid dienone is 1. The highest BCUT2D eigenvalue weighted by molar-refractivity contribution is 5.78. The van der Waals surface area contributed by atoms with Crippen molar-refractivity contribution in [1.29, 1.82) is 0 Å². The van der Waals surface area contributed by atoms with Crippen molar-refractivity contribution < 1.29 is 4.79 Å². The van der Waals surface area contributed by atoms with Gasteiger partial charge in [0.15, 0.2) is 0 Å². The Kier molecular flexibility index (Phi) is 4.85. The van der Waals surface area contributed by atoms with E-state index in [-0.39, 0.29) is 11.8 Å². The van der Waals surface area contributed by atoms with Gasteiger partial charge in [0.2, 0.25) is 5.91 Å². The van der Waals surface area contributed by atoms with Gasteiger partial charge >= 0.3 is 0 Å². The molecule has 18 heavy (non-hydrogen) atoms. The number of carbonyl (C=O) groups is 1. The number of hydrogen-bond acceptors (Lipinski definition) is 1. The third-order valence-electron chi connectivity index (χ3n) is 4.42. The molecule has 1 fully saturated rings. The smallest absolute Gasteiger partial charge is 0.222 e. The minimum atomic E-state index is 0.105. The Morgan fingerprint density at radius 2 is 2.00 bits per heavy atom. The summed E-state index contributed by atoms with van der Waals surface area (Å²) in [5.74, 6) is 0.956. The molecule has 0 saturated heterocycles. The second-order valence-corrected chi connectivity index (χ2v) is 6.19. The van der Waals surface area contributed by atoms with E-state index in [4.69, 9.17) is 0 Å². The fourth-order valence-electron chi connectivity index (χ4n) is 3.30. The van der Waals surface area contributed by atoms with Gasteiger partial charge in [0.25, 0.3) is 0 Å². The molecule has 2 atom stereocenters. The zero-order valence-electron chi connectivity index (χ0n) is 11.9. The van der Waals surface area contributed by atoms with Crippen LogP contribution in [-0.2, 0) is 4.79 Å². The summed E-state index contributed by atoms with van der Waals surface area (Å²) in [5.41, 5.74) is 1.63. The molecule has 2 heteroatoms. The summed E-state index contributed by atoms with van der Waals surface area (Å²) in [5, 5.41) is 3.29. The molecule has 1 saturated carbocycles. The molecule has 0 radical (unpaired) electrons. The van der Waals surface area contributed by atoms with Gasteiger partial charge in [-0.15, -0.1) is 0 Å². The van der Waals surface area contributed by atoms with Crippen molar-refractivity contribution in [3.05, 3.63) is 11.6 Å². The van der Waals surface area contributed by atoms with Crippen molar-refractivity contribution in [3.63, 3.8) is 0 Å². The first-order valence-corrected chi connectivity index (χ1v) is 7.68. The van der Waals surface area contributed by atoms with Crippen LogP contribution in [0.25, 0.3) is 0 Å². The SMILES string of the molecule is CC(C)C(=O)NC1CCCCC1C1=CCCCC1. The number of hydrogen-bond donors (Lipinski definition) is 1. The highest BCUT2D eigenvalue weighted by Crippen LogP contribution is 2.35. The topological polar surface area (TPSA) is 29.1 Å². The van der Waals surface area contributed by atoms with Gasteiger partial charge in [-0.2, -0.15) is 0 Å². The van der Waals surface area contributed by atoms with Crippen molar-refractivity contribution in [2.24, 2.45) is 11.8 Å². The van der Waals surface area contributed by atoms with E-state index in [1.54, 1.807) is 5.57 Å². The second-order valence-electron chi connectivity index (χ2n) is 6.19. The van der Waals surface area contributed by atoms with E-state index in [9.17, 15) is 4.79 Å². The molecule has 1 amide bonds. The van der Waals surface area contributed by atoms with Crippen molar-refractivity contribution in [2.45, 2.75) is 71.3 Å². The molecule has 0 aromatic rings. The van der Waals surface area contributed by atoms with Crippen LogP contribution in [-0.4, -0.2) is 11.9 Å². The third-order valence-corrected chi connectivity index (χ3v) is 4.42. The maximum absolute atomic E-state index is 11.9. The lowest BCUT2D eigenvalue weighted by Crippen LogP contribution is -2.44. The molecule has 0 spiro atoms. The zero-order chi connectivity index (χ0) is 13.0. The van der Waals surface area contributed by atoms with Gasteiger partial charge in [-0.3, -0.25) is 4.79 Å². The van der Waals surface area contributed by atoms with Crippen molar-refractivity contribution in [1.82, 2.24) is 5.32 Å². The van der Waals surface area contributed by atoms with Gasteiger partial charge in [-0.1, -0.05) is 38.3 Å². The van der Waals surface area contributed by atoms with Crippen LogP contribution in [0.3, 0.4) is 0 Å². The van der Waals surface area contributed by atoms with E-state index < -0.39 is 0 Å². The van der Waals surface area contributed by atoms with Crippen LogP contribution >= 0.6 is 0 Å². The average Bonchev–Trinajstić information content (AvgIpc) is 2.40. The first-order valence-electron chi connectivity index (χ1n) is 7.68. The normalized spacial score (nSPS) is 28.9. The van der Waals surface area contributed by atoms with Crippen molar-refractivity contribution >= 4 is 5.91 Å². The number of amides is 1. The summed E-state index contributed by atoms with van der Waals surface area (Å²) in [6.07, 6.45) is 12.7. The average molecular weight is 249 g/mol. The second kappa shape index (κ2) is 6.40. The van der Waals surface area contributed by atoms with Crippen molar-refractivity contribution in [3.8, 4) is 0 Å². The first-order chi connectivity index (χ1) is 8.68. The maximum Gasteiger partial charge on any atom is 0.222 e. The van der Waals surface area contributed by atoms with E-state index in [0.717, 1.165) is 0 Å². The van der Waals surface area contributed by atoms with Crippen LogP contribution in [0.5, 0.6) is 0 Å². The lowest BCUT2D eigenvalue weighted by molar-refractivity contribution is -0.125. The van der Waals surface area contributed by atoms with Gasteiger partial charge in [0.1, 0.15) is 0 Å². The fourth-order valence-corrected chi connectivity index (χ4v) is 3.30. The molecule has 1 N–H and O–H groups in total. The molecule has 2 aliphatic carbocycles. The first kappa shape index (κ1) is 13.6. The molecule has 0 heterocycles. The predicted octanol–water partition coefficient (Wildman–Crippen LogP) is 3.82. The molecule has 0 aliphatic heterocycles. The van der Waals surface area contributed by atoms with Gasteiger partial charge in [0.05, 0.1) is 0 Å². The van der Waals surface area contributed by atoms with E-state index in [2.05, 4.69) is 11.4 Å². The minimum absolute atomic E-state index is 0.105. The highest BCUT2D eigenvalue weighted by atomic mass is 16.1. The third kappa shape index (κ3) is 3.37. The summed E-state index contributed by atoms with van der Waals surface area (Å²) in [4.78, 5) is 11.9. The summed E-state index contributed by atoms with van der Waals surface area (Å²) in [6, 6.07) is 0.401. The Hall–Kier alpha value is -0.790. The van der Waals surface area contributed by atoms with Gasteiger partial charge < -0.3 is 5.32 Å². The molecule has 0 aromatic heterocycles. The monoisotopic (exact) mass is 249 g/mol. The van der Waals surface area contributed by atoms with E-state index in [1.165, 1.54) is 51.4 Å². The van der Waals surface area contributed by atoms with Crippen LogP contribution in [0.1, 0.15) is 65.2 Å². The Balaban J connectivity index is 2.01. The molecular weight excluding hydrogens is 222 g/mol. The van der Waals surface area contributed by atoms with Gasteiger partial charge in [-0.05, 0) is 38.5 Å². The number of carbonyl (C=O) groups excluding carboxylic acids is 1. The summed E-state index contributed by atoms with van der Waals surface area (Å²) in [7, 11) is 0. The van der Waals surface area contributed by atoms with Crippen LogP contribution in [0.15, 0.2) is 11.6 Å². The highest BCUT2D eigenvalue weighted by Gasteiger charge is 2.29. The molecule has 0 aromatic carbocycles. The van der Waals surface area contributed by atoms with E-state index in [1.807, 2.05) is 13.8 Å². The largest absolute Gasteiger partial charge is 0.353 e. The predicted molar refractivity (Wildman–Crippen MR) is 75.3 cm³/mol. The minimum Gasteiger partial charge on any atom is -0.353 e. The van der Waals surface area contributed by atoms with Gasteiger partial charge in [0, 0.05) is 17.9 Å². The van der Waals surface area contributed by atoms with Crippen LogP contribution < -0.4 is 5.32 Å². The quantitative estimate of drug-likeness (QED) is 0.757. The summed E-state index contributed by atoms with van der Waals surface area (Å²) >= 11 is 0. The standard InChI is InChI=1S/C16H27NO/c1-12(2)16(18)17-15-11-7-6-10-14(15)13-8-4-3-5-9-13/h8,12,14-15H,3-7,9-11H2,1-2H3,(H,17,18). The Bertz CT molecular complexity index is 319. The molecule has 102 valence electrons. The molecule has 2 aliphatic rings. The van der Waals surface area contributed by atoms with E-state index >= 15 is 0 Å². The Morgan fingerprint density at radius 1 is 1.22 bits per heavy atom. The van der Waals surface area contributed by atoms with Crippen LogP contribution in [0.2, 0.25) is 0 Å². The van der Waals surface area contributed by atoms with Crippen LogP contribution in [0, 0.1) is 11.8 Å². The lowest BCUT2D eigenvalue weighted by Gasteiger charge is -2.35. The van der Waals surface area contributed by atoms with E-state index in [0.29, 0.717) is 12.0 Å². The maximum atomic E-state index is 11.9. The Morgan fingerprint density at radius 3 is 2.67 bits per heavy atom. The summed E-state index contributed by atoms with van der Waals surface area (Å²) in [6.45, 7) is 3.96. The Labute approximate surface area is 111 Å². The lowest BCUT2D eigenvalue weighted by atomic mass is 9.76. The number of nitrogens with one attached hydrogen (secondary N) is 1. The molecule has 2 rings (SSSR count). The summed E-state index contributed by atoms with van der Waals surface area (Å²) < 4.78 is 0. The molecule has 2 nitrogen and oxygen atoms in total. The van der Waals surface area contributed by atoms with Crippen LogP contribution in [0.4, 0.5) is 0 Å². The van der Waals surface area contributed by atoms with Crippen molar-refractivity contribution in [2.75, 3.05) is 0 Å². The number of rotatable bonds is 3. The fraction of sp³-hybridized carbons (Fsp3) is 0.812.